The van der Waals surface area contributed by atoms with E-state index < -0.39 is 6.03 Å². The third-order valence-corrected chi connectivity index (χ3v) is 5.18. The van der Waals surface area contributed by atoms with Crippen LogP contribution in [-0.4, -0.2) is 16.9 Å². The average molecular weight is 456 g/mol. The van der Waals surface area contributed by atoms with E-state index in [0.717, 1.165) is 0 Å². The van der Waals surface area contributed by atoms with Gasteiger partial charge in [0.2, 0.25) is 5.91 Å². The molecule has 144 valence electrons. The smallest absolute Gasteiger partial charge is 0.325 e. The van der Waals surface area contributed by atoms with Crippen LogP contribution in [0.3, 0.4) is 0 Å². The molecule has 10 heteroatoms. The van der Waals surface area contributed by atoms with Gasteiger partial charge in [0.15, 0.2) is 5.13 Å². The molecule has 1 heterocycles. The zero-order chi connectivity index (χ0) is 20.1. The Balaban J connectivity index is 1.53. The molecule has 0 saturated carbocycles. The summed E-state index contributed by atoms with van der Waals surface area (Å²) < 4.78 is 0. The largest absolute Gasteiger partial charge is 0.326 e. The van der Waals surface area contributed by atoms with Crippen LogP contribution in [0.2, 0.25) is 15.1 Å². The van der Waals surface area contributed by atoms with Gasteiger partial charge in [0.1, 0.15) is 0 Å². The number of carbonyl (C=O) groups is 2. The molecule has 1 aromatic heterocycles. The van der Waals surface area contributed by atoms with Crippen LogP contribution in [0.5, 0.6) is 0 Å². The van der Waals surface area contributed by atoms with Crippen molar-refractivity contribution in [3.63, 3.8) is 0 Å². The van der Waals surface area contributed by atoms with Crippen LogP contribution in [0.1, 0.15) is 5.69 Å². The number of nitrogens with one attached hydrogen (secondary N) is 3. The van der Waals surface area contributed by atoms with Crippen LogP contribution in [0.25, 0.3) is 0 Å². The number of urea groups is 1. The molecule has 6 nitrogen and oxygen atoms in total. The number of anilines is 3. The Morgan fingerprint density at radius 1 is 0.929 bits per heavy atom. The summed E-state index contributed by atoms with van der Waals surface area (Å²) in [7, 11) is 0. The minimum atomic E-state index is -0.455. The van der Waals surface area contributed by atoms with E-state index in [0.29, 0.717) is 37.3 Å². The molecule has 0 unspecified atom stereocenters. The van der Waals surface area contributed by atoms with Crippen molar-refractivity contribution in [3.8, 4) is 0 Å². The van der Waals surface area contributed by atoms with Crippen LogP contribution in [0.15, 0.2) is 47.8 Å². The van der Waals surface area contributed by atoms with Crippen molar-refractivity contribution >= 4 is 74.6 Å². The Morgan fingerprint density at radius 2 is 1.71 bits per heavy atom. The summed E-state index contributed by atoms with van der Waals surface area (Å²) in [5.74, 6) is -0.265. The van der Waals surface area contributed by atoms with E-state index in [1.807, 2.05) is 0 Å². The van der Waals surface area contributed by atoms with Gasteiger partial charge in [0, 0.05) is 21.8 Å². The summed E-state index contributed by atoms with van der Waals surface area (Å²) >= 11 is 18.9. The number of rotatable bonds is 5. The summed E-state index contributed by atoms with van der Waals surface area (Å²) in [6.07, 6.45) is 0.0499. The first-order valence-corrected chi connectivity index (χ1v) is 9.93. The lowest BCUT2D eigenvalue weighted by Gasteiger charge is -2.06. The van der Waals surface area contributed by atoms with Gasteiger partial charge >= 0.3 is 6.03 Å². The molecular weight excluding hydrogens is 443 g/mol. The number of amides is 3. The van der Waals surface area contributed by atoms with Crippen LogP contribution < -0.4 is 16.0 Å². The highest BCUT2D eigenvalue weighted by Crippen LogP contribution is 2.25. The molecule has 0 spiro atoms. The minimum absolute atomic E-state index is 0.0499. The number of hydrogen-bond acceptors (Lipinski definition) is 4. The molecule has 3 N–H and O–H groups in total. The van der Waals surface area contributed by atoms with Gasteiger partial charge in [0.25, 0.3) is 0 Å². The molecule has 0 radical (unpaired) electrons. The molecule has 3 aromatic rings. The maximum absolute atomic E-state index is 12.1. The lowest BCUT2D eigenvalue weighted by atomic mass is 10.3. The van der Waals surface area contributed by atoms with Crippen molar-refractivity contribution in [1.29, 1.82) is 0 Å². The number of thiazole rings is 1. The first kappa shape index (κ1) is 20.4. The van der Waals surface area contributed by atoms with Gasteiger partial charge in [-0.2, -0.15) is 0 Å². The molecule has 0 bridgehead atoms. The summed E-state index contributed by atoms with van der Waals surface area (Å²) in [4.78, 5) is 28.4. The van der Waals surface area contributed by atoms with Gasteiger partial charge < -0.3 is 10.6 Å². The number of hydrogen-bond donors (Lipinski definition) is 3. The van der Waals surface area contributed by atoms with Gasteiger partial charge in [-0.05, 0) is 36.4 Å². The Morgan fingerprint density at radius 3 is 2.46 bits per heavy atom. The molecule has 0 aliphatic heterocycles. The fraction of sp³-hybridized carbons (Fsp3) is 0.0556. The lowest BCUT2D eigenvalue weighted by Crippen LogP contribution is -2.19. The average Bonchev–Trinajstić information content (AvgIpc) is 3.04. The first-order valence-electron chi connectivity index (χ1n) is 7.92. The number of aromatic nitrogens is 1. The molecule has 0 aliphatic carbocycles. The molecular formula is C18H13Cl3N4O2S. The molecule has 0 atom stereocenters. The van der Waals surface area contributed by atoms with E-state index in [9.17, 15) is 9.59 Å². The number of nitrogens with zero attached hydrogens (tertiary/aromatic N) is 1. The molecule has 2 aromatic carbocycles. The van der Waals surface area contributed by atoms with Gasteiger partial charge in [-0.25, -0.2) is 9.78 Å². The van der Waals surface area contributed by atoms with E-state index in [1.54, 1.807) is 47.8 Å². The zero-order valence-corrected chi connectivity index (χ0v) is 17.2. The molecule has 0 fully saturated rings. The predicted octanol–water partition coefficient (Wildman–Crippen LogP) is 5.93. The van der Waals surface area contributed by atoms with Crippen molar-refractivity contribution in [2.24, 2.45) is 0 Å². The second-order valence-corrected chi connectivity index (χ2v) is 7.70. The second kappa shape index (κ2) is 9.25. The number of halogens is 3. The van der Waals surface area contributed by atoms with Crippen molar-refractivity contribution in [2.75, 3.05) is 16.0 Å². The SMILES string of the molecule is O=C(Cc1csc(NC(=O)Nc2cccc(Cl)c2)n1)Nc1ccc(Cl)c(Cl)c1. The highest BCUT2D eigenvalue weighted by Gasteiger charge is 2.11. The van der Waals surface area contributed by atoms with E-state index in [4.69, 9.17) is 34.8 Å². The van der Waals surface area contributed by atoms with Gasteiger partial charge in [0.05, 0.1) is 22.2 Å². The second-order valence-electron chi connectivity index (χ2n) is 5.59. The molecule has 0 saturated heterocycles. The standard InChI is InChI=1S/C18H13Cl3N4O2S/c19-10-2-1-3-11(6-10)23-17(27)25-18-24-13(9-28-18)8-16(26)22-12-4-5-14(20)15(21)7-12/h1-7,9H,8H2,(H,22,26)(H2,23,24,25,27). The van der Waals surface area contributed by atoms with Crippen LogP contribution in [0.4, 0.5) is 21.3 Å². The van der Waals surface area contributed by atoms with E-state index in [2.05, 4.69) is 20.9 Å². The van der Waals surface area contributed by atoms with Crippen molar-refractivity contribution in [2.45, 2.75) is 6.42 Å². The summed E-state index contributed by atoms with van der Waals surface area (Å²) in [5, 5.41) is 11.3. The molecule has 3 rings (SSSR count). The Kier molecular flexibility index (Phi) is 6.74. The summed E-state index contributed by atoms with van der Waals surface area (Å²) in [6.45, 7) is 0. The van der Waals surface area contributed by atoms with Crippen LogP contribution in [-0.2, 0) is 11.2 Å². The maximum Gasteiger partial charge on any atom is 0.325 e. The number of carbonyl (C=O) groups excluding carboxylic acids is 2. The number of benzene rings is 2. The van der Waals surface area contributed by atoms with Crippen molar-refractivity contribution < 1.29 is 9.59 Å². The predicted molar refractivity (Wildman–Crippen MR) is 115 cm³/mol. The van der Waals surface area contributed by atoms with Crippen molar-refractivity contribution in [3.05, 3.63) is 68.6 Å². The third kappa shape index (κ3) is 5.84. The minimum Gasteiger partial charge on any atom is -0.326 e. The highest BCUT2D eigenvalue weighted by molar-refractivity contribution is 7.14. The Hall–Kier alpha value is -2.32. The topological polar surface area (TPSA) is 83.1 Å². The van der Waals surface area contributed by atoms with Crippen molar-refractivity contribution in [1.82, 2.24) is 4.98 Å². The quantitative estimate of drug-likeness (QED) is 0.446. The third-order valence-electron chi connectivity index (χ3n) is 3.40. The van der Waals surface area contributed by atoms with Crippen LogP contribution >= 0.6 is 46.1 Å². The zero-order valence-electron chi connectivity index (χ0n) is 14.1. The first-order chi connectivity index (χ1) is 13.4. The van der Waals surface area contributed by atoms with Crippen LogP contribution in [0, 0.1) is 0 Å². The monoisotopic (exact) mass is 454 g/mol. The molecule has 28 heavy (non-hydrogen) atoms. The van der Waals surface area contributed by atoms with E-state index in [-0.39, 0.29) is 12.3 Å². The lowest BCUT2D eigenvalue weighted by molar-refractivity contribution is -0.115. The normalized spacial score (nSPS) is 10.4. The molecule has 0 aliphatic rings. The summed E-state index contributed by atoms with van der Waals surface area (Å²) in [6, 6.07) is 11.1. The molecule has 3 amide bonds. The Bertz CT molecular complexity index is 1030. The summed E-state index contributed by atoms with van der Waals surface area (Å²) in [5.41, 5.74) is 1.62. The Labute approximate surface area is 179 Å². The van der Waals surface area contributed by atoms with E-state index in [1.165, 1.54) is 11.3 Å². The fourth-order valence-electron chi connectivity index (χ4n) is 2.21. The van der Waals surface area contributed by atoms with E-state index >= 15 is 0 Å². The maximum atomic E-state index is 12.1. The highest BCUT2D eigenvalue weighted by atomic mass is 35.5. The van der Waals surface area contributed by atoms with Gasteiger partial charge in [-0.1, -0.05) is 40.9 Å². The van der Waals surface area contributed by atoms with Gasteiger partial charge in [-0.3, -0.25) is 10.1 Å². The van der Waals surface area contributed by atoms with Gasteiger partial charge in [-0.15, -0.1) is 11.3 Å². The fourth-order valence-corrected chi connectivity index (χ4v) is 3.41.